The summed E-state index contributed by atoms with van der Waals surface area (Å²) in [6.45, 7) is 7.47. The van der Waals surface area contributed by atoms with E-state index in [0.717, 1.165) is 41.6 Å². The molecule has 5 heteroatoms. The average Bonchev–Trinajstić information content (AvgIpc) is 3.25. The smallest absolute Gasteiger partial charge is 0.230 e. The number of fused-ring (bicyclic) bond motifs is 1. The van der Waals surface area contributed by atoms with Crippen LogP contribution in [0.15, 0.2) is 47.8 Å². The third-order valence-electron chi connectivity index (χ3n) is 4.98. The summed E-state index contributed by atoms with van der Waals surface area (Å²) in [5.74, 6) is -0.0191. The standard InChI is InChI=1S/C22H23N3OS/c1-15-8-9-20(16(2)12-15)25(17(3)26)22-23-19(14-27-22)13-24-11-10-18-6-4-5-7-21(18)24/h4-9,12,14H,10-11,13H2,1-3H3. The van der Waals surface area contributed by atoms with Gasteiger partial charge in [-0.1, -0.05) is 35.9 Å². The molecule has 1 aliphatic heterocycles. The second-order valence-corrected chi connectivity index (χ2v) is 7.90. The Morgan fingerprint density at radius 3 is 2.81 bits per heavy atom. The fourth-order valence-electron chi connectivity index (χ4n) is 3.70. The molecule has 0 spiro atoms. The lowest BCUT2D eigenvalue weighted by atomic mass is 10.1. The Bertz CT molecular complexity index is 995. The fraction of sp³-hybridized carbons (Fsp3) is 0.273. The monoisotopic (exact) mass is 377 g/mol. The highest BCUT2D eigenvalue weighted by Gasteiger charge is 2.22. The van der Waals surface area contributed by atoms with Gasteiger partial charge < -0.3 is 4.90 Å². The van der Waals surface area contributed by atoms with Crippen LogP contribution in [-0.2, 0) is 17.8 Å². The summed E-state index contributed by atoms with van der Waals surface area (Å²) in [5, 5.41) is 2.80. The van der Waals surface area contributed by atoms with Crippen molar-refractivity contribution in [3.05, 3.63) is 70.2 Å². The normalized spacial score (nSPS) is 12.9. The minimum absolute atomic E-state index is 0.0191. The number of carbonyl (C=O) groups is 1. The molecule has 0 atom stereocenters. The fourth-order valence-corrected chi connectivity index (χ4v) is 4.57. The molecule has 3 aromatic rings. The molecule has 2 heterocycles. The quantitative estimate of drug-likeness (QED) is 0.641. The number of hydrogen-bond donors (Lipinski definition) is 0. The Labute approximate surface area is 164 Å². The van der Waals surface area contributed by atoms with Crippen LogP contribution in [0.25, 0.3) is 0 Å². The zero-order chi connectivity index (χ0) is 19.0. The van der Waals surface area contributed by atoms with E-state index in [0.29, 0.717) is 0 Å². The molecular formula is C22H23N3OS. The van der Waals surface area contributed by atoms with E-state index in [9.17, 15) is 4.79 Å². The van der Waals surface area contributed by atoms with Gasteiger partial charge in [0.05, 0.1) is 17.9 Å². The Hall–Kier alpha value is -2.66. The molecule has 1 amide bonds. The van der Waals surface area contributed by atoms with Crippen LogP contribution in [0, 0.1) is 13.8 Å². The van der Waals surface area contributed by atoms with Crippen LogP contribution >= 0.6 is 11.3 Å². The number of benzene rings is 2. The Morgan fingerprint density at radius 2 is 2.04 bits per heavy atom. The topological polar surface area (TPSA) is 36.4 Å². The summed E-state index contributed by atoms with van der Waals surface area (Å²) in [7, 11) is 0. The van der Waals surface area contributed by atoms with Crippen molar-refractivity contribution in [3.63, 3.8) is 0 Å². The summed E-state index contributed by atoms with van der Waals surface area (Å²) >= 11 is 1.53. The first-order valence-corrected chi connectivity index (χ1v) is 10.1. The number of aryl methyl sites for hydroxylation is 2. The van der Waals surface area contributed by atoms with Crippen LogP contribution in [-0.4, -0.2) is 17.4 Å². The van der Waals surface area contributed by atoms with Gasteiger partial charge in [0.15, 0.2) is 5.13 Å². The van der Waals surface area contributed by atoms with Crippen LogP contribution in [0.3, 0.4) is 0 Å². The molecule has 4 nitrogen and oxygen atoms in total. The van der Waals surface area contributed by atoms with Gasteiger partial charge in [0.25, 0.3) is 0 Å². The van der Waals surface area contributed by atoms with Crippen molar-refractivity contribution in [2.45, 2.75) is 33.7 Å². The molecule has 0 fully saturated rings. The summed E-state index contributed by atoms with van der Waals surface area (Å²) in [6, 6.07) is 14.7. The molecule has 0 N–H and O–H groups in total. The SMILES string of the molecule is CC(=O)N(c1nc(CN2CCc3ccccc32)cs1)c1ccc(C)cc1C. The number of hydrogen-bond acceptors (Lipinski definition) is 4. The van der Waals surface area contributed by atoms with Crippen LogP contribution < -0.4 is 9.80 Å². The first kappa shape index (κ1) is 17.7. The molecule has 138 valence electrons. The van der Waals surface area contributed by atoms with Crippen molar-refractivity contribution < 1.29 is 4.79 Å². The van der Waals surface area contributed by atoms with Crippen LogP contribution in [0.1, 0.15) is 29.3 Å². The zero-order valence-electron chi connectivity index (χ0n) is 15.9. The lowest BCUT2D eigenvalue weighted by Gasteiger charge is -2.21. The number of anilines is 3. The van der Waals surface area contributed by atoms with Crippen molar-refractivity contribution in [1.29, 1.82) is 0 Å². The number of amides is 1. The number of para-hydroxylation sites is 1. The van der Waals surface area contributed by atoms with Gasteiger partial charge in [-0.25, -0.2) is 4.98 Å². The van der Waals surface area contributed by atoms with Crippen LogP contribution in [0.5, 0.6) is 0 Å². The molecule has 0 radical (unpaired) electrons. The largest absolute Gasteiger partial charge is 0.365 e. The van der Waals surface area contributed by atoms with Gasteiger partial charge in [-0.2, -0.15) is 0 Å². The van der Waals surface area contributed by atoms with Gasteiger partial charge in [0.1, 0.15) is 0 Å². The van der Waals surface area contributed by atoms with E-state index >= 15 is 0 Å². The van der Waals surface area contributed by atoms with E-state index in [1.807, 2.05) is 19.1 Å². The summed E-state index contributed by atoms with van der Waals surface area (Å²) in [6.07, 6.45) is 1.08. The minimum atomic E-state index is -0.0191. The van der Waals surface area contributed by atoms with Crippen LogP contribution in [0.4, 0.5) is 16.5 Å². The second-order valence-electron chi connectivity index (χ2n) is 7.07. The highest BCUT2D eigenvalue weighted by Crippen LogP contribution is 2.33. The predicted octanol–water partition coefficient (Wildman–Crippen LogP) is 5.01. The Balaban J connectivity index is 1.60. The number of carbonyl (C=O) groups excluding carboxylic acids is 1. The van der Waals surface area contributed by atoms with Crippen LogP contribution in [0.2, 0.25) is 0 Å². The minimum Gasteiger partial charge on any atom is -0.365 e. The summed E-state index contributed by atoms with van der Waals surface area (Å²) < 4.78 is 0. The highest BCUT2D eigenvalue weighted by atomic mass is 32.1. The number of thiazole rings is 1. The molecule has 1 aliphatic rings. The van der Waals surface area contributed by atoms with Crippen molar-refractivity contribution in [2.75, 3.05) is 16.3 Å². The van der Waals surface area contributed by atoms with Crippen molar-refractivity contribution in [1.82, 2.24) is 4.98 Å². The first-order chi connectivity index (χ1) is 13.0. The maximum absolute atomic E-state index is 12.4. The van der Waals surface area contributed by atoms with Gasteiger partial charge in [0.2, 0.25) is 5.91 Å². The molecule has 0 aliphatic carbocycles. The molecule has 0 bridgehead atoms. The number of aromatic nitrogens is 1. The molecule has 1 aromatic heterocycles. The van der Waals surface area contributed by atoms with Gasteiger partial charge in [-0.05, 0) is 43.5 Å². The average molecular weight is 378 g/mol. The van der Waals surface area contributed by atoms with Gasteiger partial charge in [-0.3, -0.25) is 9.69 Å². The van der Waals surface area contributed by atoms with E-state index in [4.69, 9.17) is 4.98 Å². The molecule has 0 saturated heterocycles. The van der Waals surface area contributed by atoms with Crippen molar-refractivity contribution >= 4 is 33.8 Å². The zero-order valence-corrected chi connectivity index (χ0v) is 16.7. The van der Waals surface area contributed by atoms with Gasteiger partial charge in [-0.15, -0.1) is 11.3 Å². The number of rotatable bonds is 4. The lowest BCUT2D eigenvalue weighted by Crippen LogP contribution is -2.24. The van der Waals surface area contributed by atoms with E-state index in [1.54, 1.807) is 11.8 Å². The summed E-state index contributed by atoms with van der Waals surface area (Å²) in [5.41, 5.74) is 6.87. The van der Waals surface area contributed by atoms with E-state index in [1.165, 1.54) is 28.2 Å². The first-order valence-electron chi connectivity index (χ1n) is 9.18. The lowest BCUT2D eigenvalue weighted by molar-refractivity contribution is -0.115. The maximum Gasteiger partial charge on any atom is 0.230 e. The molecule has 27 heavy (non-hydrogen) atoms. The Kier molecular flexibility index (Phi) is 4.70. The molecule has 0 unspecified atom stereocenters. The predicted molar refractivity (Wildman–Crippen MR) is 112 cm³/mol. The van der Waals surface area contributed by atoms with E-state index < -0.39 is 0 Å². The molecular weight excluding hydrogens is 354 g/mol. The van der Waals surface area contributed by atoms with Crippen molar-refractivity contribution in [3.8, 4) is 0 Å². The third-order valence-corrected chi connectivity index (χ3v) is 5.85. The highest BCUT2D eigenvalue weighted by molar-refractivity contribution is 7.14. The van der Waals surface area contributed by atoms with Gasteiger partial charge >= 0.3 is 0 Å². The number of nitrogens with zero attached hydrogens (tertiary/aromatic N) is 3. The van der Waals surface area contributed by atoms with E-state index in [2.05, 4.69) is 47.5 Å². The van der Waals surface area contributed by atoms with Gasteiger partial charge in [0, 0.05) is 24.5 Å². The molecule has 0 saturated carbocycles. The Morgan fingerprint density at radius 1 is 1.22 bits per heavy atom. The maximum atomic E-state index is 12.4. The second kappa shape index (κ2) is 7.16. The van der Waals surface area contributed by atoms with Crippen molar-refractivity contribution in [2.24, 2.45) is 0 Å². The molecule has 2 aromatic carbocycles. The summed E-state index contributed by atoms with van der Waals surface area (Å²) in [4.78, 5) is 21.3. The van der Waals surface area contributed by atoms with E-state index in [-0.39, 0.29) is 5.91 Å². The third kappa shape index (κ3) is 3.47. The molecule has 4 rings (SSSR count).